The number of nitrogens with one attached hydrogen (secondary N) is 4. The third-order valence-corrected chi connectivity index (χ3v) is 4.74. The fourth-order valence-corrected chi connectivity index (χ4v) is 3.22. The molecule has 2 aromatic heterocycles. The number of hydrogen-bond acceptors (Lipinski definition) is 6. The minimum Gasteiger partial charge on any atom is -0.598 e. The molecule has 0 saturated heterocycles. The van der Waals surface area contributed by atoms with E-state index >= 15 is 0 Å². The maximum absolute atomic E-state index is 14.0. The Morgan fingerprint density at radius 3 is 2.82 bits per heavy atom. The molecule has 0 spiro atoms. The van der Waals surface area contributed by atoms with Crippen LogP contribution in [0.15, 0.2) is 35.5 Å². The van der Waals surface area contributed by atoms with E-state index in [1.165, 1.54) is 12.3 Å². The Morgan fingerprint density at radius 2 is 2.07 bits per heavy atom. The highest BCUT2D eigenvalue weighted by molar-refractivity contribution is 7.89. The maximum Gasteiger partial charge on any atom is 0.405 e. The molecule has 2 unspecified atom stereocenters. The van der Waals surface area contributed by atoms with Gasteiger partial charge in [0, 0.05) is 35.1 Å². The van der Waals surface area contributed by atoms with E-state index in [0.29, 0.717) is 16.6 Å². The number of nitrogens with zero attached hydrogens (tertiary/aromatic N) is 2. The second-order valence-corrected chi connectivity index (χ2v) is 7.15. The second-order valence-electron chi connectivity index (χ2n) is 5.76. The van der Waals surface area contributed by atoms with Crippen molar-refractivity contribution in [2.24, 2.45) is 4.99 Å². The zero-order valence-electron chi connectivity index (χ0n) is 14.1. The minimum absolute atomic E-state index is 0.0340. The summed E-state index contributed by atoms with van der Waals surface area (Å²) in [5, 5.41) is 5.92. The maximum atomic E-state index is 14.0. The van der Waals surface area contributed by atoms with Crippen LogP contribution >= 0.6 is 0 Å². The SMILES string of the molecule is [O-][S+](CCNC1NC(c2c[nH]c3ncc(F)cc23)=NC=C1F)NCC(F)(F)F. The van der Waals surface area contributed by atoms with Gasteiger partial charge in [-0.05, 0) is 6.07 Å². The first kappa shape index (κ1) is 20.5. The molecule has 0 radical (unpaired) electrons. The quantitative estimate of drug-likeness (QED) is 0.401. The van der Waals surface area contributed by atoms with Gasteiger partial charge in [-0.25, -0.2) is 18.8 Å². The lowest BCUT2D eigenvalue weighted by molar-refractivity contribution is -0.121. The van der Waals surface area contributed by atoms with Crippen molar-refractivity contribution < 1.29 is 26.5 Å². The number of aromatic nitrogens is 2. The molecule has 2 aromatic rings. The van der Waals surface area contributed by atoms with E-state index in [1.54, 1.807) is 0 Å². The first-order valence-electron chi connectivity index (χ1n) is 7.98. The summed E-state index contributed by atoms with van der Waals surface area (Å²) in [4.78, 5) is 10.7. The van der Waals surface area contributed by atoms with Gasteiger partial charge in [-0.15, -0.1) is 4.72 Å². The Hall–Kier alpha value is -2.22. The molecule has 28 heavy (non-hydrogen) atoms. The van der Waals surface area contributed by atoms with Crippen LogP contribution in [0, 0.1) is 5.82 Å². The van der Waals surface area contributed by atoms with Gasteiger partial charge in [-0.2, -0.15) is 13.2 Å². The average molecular weight is 422 g/mol. The molecule has 0 saturated carbocycles. The van der Waals surface area contributed by atoms with E-state index in [2.05, 4.69) is 25.6 Å². The van der Waals surface area contributed by atoms with Crippen LogP contribution in [-0.4, -0.2) is 51.5 Å². The standard InChI is InChI=1S/C15H15F5N6OS/c16-8-3-9-10(5-23-12(9)22-4-8)13-24-6-11(17)14(26-13)21-1-2-28(27)25-7-15(18,19)20/h3-6,14,21,25H,1-2,7H2,(H,22,23)(H,24,26). The van der Waals surface area contributed by atoms with Gasteiger partial charge in [-0.3, -0.25) is 5.32 Å². The number of hydrogen-bond donors (Lipinski definition) is 4. The summed E-state index contributed by atoms with van der Waals surface area (Å²) >= 11 is -1.93. The van der Waals surface area contributed by atoms with Crippen LogP contribution < -0.4 is 15.4 Å². The number of alkyl halides is 3. The topological polar surface area (TPSA) is 100 Å². The molecule has 0 aromatic carbocycles. The third kappa shape index (κ3) is 5.19. The van der Waals surface area contributed by atoms with Gasteiger partial charge in [0.25, 0.3) is 0 Å². The molecular formula is C15H15F5N6OS. The van der Waals surface area contributed by atoms with Crippen LogP contribution in [0.4, 0.5) is 22.0 Å². The van der Waals surface area contributed by atoms with Crippen LogP contribution in [0.25, 0.3) is 11.0 Å². The first-order chi connectivity index (χ1) is 13.2. The number of fused-ring (bicyclic) bond motifs is 1. The molecule has 4 N–H and O–H groups in total. The van der Waals surface area contributed by atoms with Crippen molar-refractivity contribution in [1.29, 1.82) is 0 Å². The molecule has 3 heterocycles. The largest absolute Gasteiger partial charge is 0.598 e. The predicted octanol–water partition coefficient (Wildman–Crippen LogP) is 1.59. The fourth-order valence-electron chi connectivity index (χ4n) is 2.44. The van der Waals surface area contributed by atoms with Crippen LogP contribution in [0.1, 0.15) is 5.56 Å². The van der Waals surface area contributed by atoms with E-state index < -0.39 is 41.9 Å². The molecule has 2 atom stereocenters. The molecular weight excluding hydrogens is 407 g/mol. The number of amidine groups is 1. The number of H-pyrrole nitrogens is 1. The van der Waals surface area contributed by atoms with Crippen molar-refractivity contribution in [3.63, 3.8) is 0 Å². The van der Waals surface area contributed by atoms with Crippen molar-refractivity contribution in [3.05, 3.63) is 41.9 Å². The van der Waals surface area contributed by atoms with E-state index in [0.717, 1.165) is 12.4 Å². The van der Waals surface area contributed by atoms with Crippen molar-refractivity contribution in [3.8, 4) is 0 Å². The van der Waals surface area contributed by atoms with E-state index in [-0.39, 0.29) is 18.1 Å². The number of halogens is 5. The summed E-state index contributed by atoms with van der Waals surface area (Å²) in [5.74, 6) is -1.14. The Kier molecular flexibility index (Phi) is 6.17. The van der Waals surface area contributed by atoms with Gasteiger partial charge in [0.05, 0.1) is 12.4 Å². The van der Waals surface area contributed by atoms with Crippen LogP contribution in [-0.2, 0) is 11.4 Å². The van der Waals surface area contributed by atoms with Crippen LogP contribution in [0.5, 0.6) is 0 Å². The minimum atomic E-state index is -4.47. The number of aliphatic imine (C=N–C) groups is 1. The first-order valence-corrected chi connectivity index (χ1v) is 9.30. The number of aromatic amines is 1. The van der Waals surface area contributed by atoms with Gasteiger partial charge in [-0.1, -0.05) is 0 Å². The van der Waals surface area contributed by atoms with Gasteiger partial charge < -0.3 is 14.9 Å². The normalized spacial score (nSPS) is 18.6. The summed E-state index contributed by atoms with van der Waals surface area (Å²) in [6, 6.07) is 1.25. The summed E-state index contributed by atoms with van der Waals surface area (Å²) in [6.45, 7) is -1.41. The zero-order valence-corrected chi connectivity index (χ0v) is 14.9. The summed E-state index contributed by atoms with van der Waals surface area (Å²) < 4.78 is 77.0. The van der Waals surface area contributed by atoms with Gasteiger partial charge in [0.2, 0.25) is 0 Å². The lowest BCUT2D eigenvalue weighted by atomic mass is 10.2. The van der Waals surface area contributed by atoms with Gasteiger partial charge in [0.15, 0.2) is 5.83 Å². The Bertz CT molecular complexity index is 899. The van der Waals surface area contributed by atoms with Crippen LogP contribution in [0.3, 0.4) is 0 Å². The molecule has 0 amide bonds. The number of rotatable bonds is 7. The molecule has 1 aliphatic heterocycles. The lowest BCUT2D eigenvalue weighted by Gasteiger charge is -2.23. The summed E-state index contributed by atoms with van der Waals surface area (Å²) in [7, 11) is 0. The molecule has 3 rings (SSSR count). The average Bonchev–Trinajstić information content (AvgIpc) is 3.04. The monoisotopic (exact) mass is 422 g/mol. The molecule has 0 aliphatic carbocycles. The molecule has 1 aliphatic rings. The van der Waals surface area contributed by atoms with Crippen molar-refractivity contribution in [2.75, 3.05) is 18.8 Å². The van der Waals surface area contributed by atoms with Crippen LogP contribution in [0.2, 0.25) is 0 Å². The predicted molar refractivity (Wildman–Crippen MR) is 93.8 cm³/mol. The van der Waals surface area contributed by atoms with E-state index in [9.17, 15) is 26.5 Å². The molecule has 0 bridgehead atoms. The highest BCUT2D eigenvalue weighted by Crippen LogP contribution is 2.20. The van der Waals surface area contributed by atoms with Crippen molar-refractivity contribution >= 4 is 28.2 Å². The molecule has 7 nitrogen and oxygen atoms in total. The highest BCUT2D eigenvalue weighted by Gasteiger charge is 2.29. The number of pyridine rings is 1. The summed E-state index contributed by atoms with van der Waals surface area (Å²) in [5.41, 5.74) is 0.888. The second kappa shape index (κ2) is 8.43. The van der Waals surface area contributed by atoms with Crippen molar-refractivity contribution in [1.82, 2.24) is 25.3 Å². The molecule has 13 heteroatoms. The Morgan fingerprint density at radius 1 is 1.29 bits per heavy atom. The molecule has 152 valence electrons. The lowest BCUT2D eigenvalue weighted by Crippen LogP contribution is -2.49. The van der Waals surface area contributed by atoms with E-state index in [4.69, 9.17) is 0 Å². The Balaban J connectivity index is 1.59. The fraction of sp³-hybridized carbons (Fsp3) is 0.333. The van der Waals surface area contributed by atoms with Crippen molar-refractivity contribution in [2.45, 2.75) is 12.3 Å². The Labute approximate surface area is 158 Å². The third-order valence-electron chi connectivity index (χ3n) is 3.70. The smallest absolute Gasteiger partial charge is 0.405 e. The molecule has 0 fully saturated rings. The summed E-state index contributed by atoms with van der Waals surface area (Å²) in [6.07, 6.45) is -1.95. The van der Waals surface area contributed by atoms with Gasteiger partial charge in [0.1, 0.15) is 35.8 Å². The highest BCUT2D eigenvalue weighted by atomic mass is 32.2. The van der Waals surface area contributed by atoms with Gasteiger partial charge >= 0.3 is 6.18 Å². The zero-order chi connectivity index (χ0) is 20.3. The van der Waals surface area contributed by atoms with E-state index in [1.807, 2.05) is 4.72 Å².